The Kier molecular flexibility index (Phi) is 7.03. The molecule has 2 fully saturated rings. The van der Waals surface area contributed by atoms with Crippen LogP contribution in [0, 0.1) is 6.92 Å². The first kappa shape index (κ1) is 23.2. The minimum Gasteiger partial charge on any atom is -0.462 e. The molecule has 1 aromatic rings. The van der Waals surface area contributed by atoms with Crippen molar-refractivity contribution >= 4 is 52.5 Å². The fourth-order valence-corrected chi connectivity index (χ4v) is 4.43. The number of carbonyl (C=O) groups excluding carboxylic acids is 3. The van der Waals surface area contributed by atoms with Gasteiger partial charge in [0.05, 0.1) is 10.7 Å². The number of ether oxygens (including phenoxy) is 4. The van der Waals surface area contributed by atoms with E-state index in [4.69, 9.17) is 42.8 Å². The molecule has 0 saturated carbocycles. The van der Waals surface area contributed by atoms with Crippen LogP contribution in [0.5, 0.6) is 0 Å². The summed E-state index contributed by atoms with van der Waals surface area (Å²) >= 11 is 11.9. The number of benzene rings is 1. The summed E-state index contributed by atoms with van der Waals surface area (Å²) in [5, 5.41) is 3.95. The molecule has 5 atom stereocenters. The van der Waals surface area contributed by atoms with E-state index in [1.54, 1.807) is 11.0 Å². The van der Waals surface area contributed by atoms with Gasteiger partial charge in [0.2, 0.25) is 0 Å². The Morgan fingerprint density at radius 2 is 1.94 bits per heavy atom. The number of anilines is 1. The van der Waals surface area contributed by atoms with Gasteiger partial charge in [-0.25, -0.2) is 0 Å². The highest BCUT2D eigenvalue weighted by Crippen LogP contribution is 2.40. The van der Waals surface area contributed by atoms with E-state index in [9.17, 15) is 14.4 Å². The quantitative estimate of drug-likeness (QED) is 0.376. The molecule has 1 N–H and O–H groups in total. The van der Waals surface area contributed by atoms with Gasteiger partial charge < -0.3 is 24.3 Å². The Labute approximate surface area is 189 Å². The second-order valence-corrected chi connectivity index (χ2v) is 8.06. The summed E-state index contributed by atoms with van der Waals surface area (Å²) in [6.45, 7) is 5.35. The number of aryl methyl sites for hydroxylation is 1. The number of esters is 3. The van der Waals surface area contributed by atoms with E-state index in [2.05, 4.69) is 5.32 Å². The maximum Gasteiger partial charge on any atom is 0.303 e. The number of fused-ring (bicyclic) bond motifs is 1. The molecule has 0 spiro atoms. The van der Waals surface area contributed by atoms with Gasteiger partial charge in [0.15, 0.2) is 23.5 Å². The number of para-hydroxylation sites is 1. The minimum absolute atomic E-state index is 0.258. The first-order chi connectivity index (χ1) is 14.6. The van der Waals surface area contributed by atoms with Gasteiger partial charge in [-0.1, -0.05) is 23.7 Å². The van der Waals surface area contributed by atoms with Crippen LogP contribution >= 0.6 is 23.8 Å². The predicted molar refractivity (Wildman–Crippen MR) is 115 cm³/mol. The van der Waals surface area contributed by atoms with Crippen LogP contribution in [0.4, 0.5) is 5.69 Å². The third kappa shape index (κ3) is 4.91. The highest BCUT2D eigenvalue weighted by Gasteiger charge is 2.57. The number of rotatable bonds is 6. The molecular weight excluding hydrogens is 448 g/mol. The SMILES string of the molecule is CC(=O)OC[C@@H](OC(C)=O)[C@H]1O[C@H]2[C@H](NC(=S)N2c2c(C)cccc2Cl)[C@H]1OC(C)=O. The fourth-order valence-electron chi connectivity index (χ4n) is 3.79. The molecule has 2 aliphatic rings. The number of nitrogens with one attached hydrogen (secondary N) is 1. The molecule has 2 aliphatic heterocycles. The van der Waals surface area contributed by atoms with Crippen LogP contribution in [0.2, 0.25) is 5.02 Å². The zero-order chi connectivity index (χ0) is 22.9. The lowest BCUT2D eigenvalue weighted by Crippen LogP contribution is -2.49. The van der Waals surface area contributed by atoms with Crippen LogP contribution in [-0.2, 0) is 33.3 Å². The lowest BCUT2D eigenvalue weighted by molar-refractivity contribution is -0.174. The van der Waals surface area contributed by atoms with Crippen molar-refractivity contribution in [1.29, 1.82) is 0 Å². The van der Waals surface area contributed by atoms with Crippen molar-refractivity contribution in [3.05, 3.63) is 28.8 Å². The molecule has 0 bridgehead atoms. The normalized spacial score (nSPS) is 25.5. The van der Waals surface area contributed by atoms with Gasteiger partial charge in [0.1, 0.15) is 18.8 Å². The molecule has 168 valence electrons. The Hall–Kier alpha value is -2.43. The summed E-state index contributed by atoms with van der Waals surface area (Å²) in [4.78, 5) is 36.5. The zero-order valence-electron chi connectivity index (χ0n) is 17.4. The second kappa shape index (κ2) is 9.37. The van der Waals surface area contributed by atoms with Gasteiger partial charge in [-0.05, 0) is 30.8 Å². The molecular formula is C20H23ClN2O7S. The van der Waals surface area contributed by atoms with E-state index in [1.807, 2.05) is 19.1 Å². The van der Waals surface area contributed by atoms with Crippen molar-refractivity contribution in [2.45, 2.75) is 58.3 Å². The smallest absolute Gasteiger partial charge is 0.303 e. The van der Waals surface area contributed by atoms with E-state index in [-0.39, 0.29) is 6.61 Å². The number of hydrogen-bond donors (Lipinski definition) is 1. The maximum absolute atomic E-state index is 11.8. The molecule has 0 amide bonds. The largest absolute Gasteiger partial charge is 0.462 e. The van der Waals surface area contributed by atoms with Gasteiger partial charge in [-0.2, -0.15) is 0 Å². The van der Waals surface area contributed by atoms with E-state index >= 15 is 0 Å². The van der Waals surface area contributed by atoms with Gasteiger partial charge in [-0.3, -0.25) is 19.3 Å². The molecule has 11 heteroatoms. The second-order valence-electron chi connectivity index (χ2n) is 7.27. The predicted octanol–water partition coefficient (Wildman–Crippen LogP) is 1.86. The fraction of sp³-hybridized carbons (Fsp3) is 0.500. The van der Waals surface area contributed by atoms with E-state index in [0.29, 0.717) is 15.8 Å². The Morgan fingerprint density at radius 3 is 2.52 bits per heavy atom. The molecule has 2 heterocycles. The van der Waals surface area contributed by atoms with Crippen molar-refractivity contribution < 1.29 is 33.3 Å². The Morgan fingerprint density at radius 1 is 1.23 bits per heavy atom. The molecule has 2 saturated heterocycles. The molecule has 1 aromatic carbocycles. The van der Waals surface area contributed by atoms with Crippen LogP contribution in [0.25, 0.3) is 0 Å². The maximum atomic E-state index is 11.8. The molecule has 0 radical (unpaired) electrons. The van der Waals surface area contributed by atoms with Gasteiger partial charge in [-0.15, -0.1) is 0 Å². The monoisotopic (exact) mass is 470 g/mol. The third-order valence-corrected chi connectivity index (χ3v) is 5.53. The highest BCUT2D eigenvalue weighted by atomic mass is 35.5. The van der Waals surface area contributed by atoms with E-state index < -0.39 is 48.5 Å². The zero-order valence-corrected chi connectivity index (χ0v) is 19.0. The Balaban J connectivity index is 1.97. The lowest BCUT2D eigenvalue weighted by Gasteiger charge is -2.30. The summed E-state index contributed by atoms with van der Waals surface area (Å²) in [6, 6.07) is 4.88. The number of carbonyl (C=O) groups is 3. The molecule has 0 aromatic heterocycles. The van der Waals surface area contributed by atoms with Crippen molar-refractivity contribution in [2.24, 2.45) is 0 Å². The molecule has 0 aliphatic carbocycles. The van der Waals surface area contributed by atoms with E-state index in [1.165, 1.54) is 20.8 Å². The highest BCUT2D eigenvalue weighted by molar-refractivity contribution is 7.80. The van der Waals surface area contributed by atoms with Gasteiger partial charge in [0, 0.05) is 20.8 Å². The molecule has 31 heavy (non-hydrogen) atoms. The number of halogens is 1. The number of nitrogens with zero attached hydrogens (tertiary/aromatic N) is 1. The number of hydrogen-bond acceptors (Lipinski definition) is 8. The van der Waals surface area contributed by atoms with Crippen molar-refractivity contribution in [1.82, 2.24) is 5.32 Å². The topological polar surface area (TPSA) is 103 Å². The van der Waals surface area contributed by atoms with Crippen LogP contribution in [-0.4, -0.2) is 60.2 Å². The third-order valence-electron chi connectivity index (χ3n) is 4.91. The average Bonchev–Trinajstić information content (AvgIpc) is 3.14. The lowest BCUT2D eigenvalue weighted by atomic mass is 10.0. The summed E-state index contributed by atoms with van der Waals surface area (Å²) in [5.41, 5.74) is 1.52. The van der Waals surface area contributed by atoms with Crippen molar-refractivity contribution in [3.63, 3.8) is 0 Å². The summed E-state index contributed by atoms with van der Waals surface area (Å²) in [7, 11) is 0. The average molecular weight is 471 g/mol. The van der Waals surface area contributed by atoms with Crippen LogP contribution in [0.1, 0.15) is 26.3 Å². The standard InChI is InChI=1S/C20H23ClN2O7S/c1-9-6-5-7-13(21)16(9)23-19-15(22-20(23)31)18(29-12(4)26)17(30-19)14(28-11(3)25)8-27-10(2)24/h5-7,14-15,17-19H,8H2,1-4H3,(H,22,31)/t14-,15-,17-,18-,19+/m1/s1. The van der Waals surface area contributed by atoms with Gasteiger partial charge in [0.25, 0.3) is 0 Å². The van der Waals surface area contributed by atoms with Crippen LogP contribution in [0.3, 0.4) is 0 Å². The van der Waals surface area contributed by atoms with Crippen LogP contribution in [0.15, 0.2) is 18.2 Å². The number of thiocarbonyl (C=S) groups is 1. The molecule has 0 unspecified atom stereocenters. The first-order valence-electron chi connectivity index (χ1n) is 9.58. The molecule has 9 nitrogen and oxygen atoms in total. The van der Waals surface area contributed by atoms with Crippen molar-refractivity contribution in [3.8, 4) is 0 Å². The summed E-state index contributed by atoms with van der Waals surface area (Å²) in [5.74, 6) is -1.69. The summed E-state index contributed by atoms with van der Waals surface area (Å²) in [6.07, 6.45) is -3.48. The summed E-state index contributed by atoms with van der Waals surface area (Å²) < 4.78 is 22.1. The van der Waals surface area contributed by atoms with E-state index in [0.717, 1.165) is 5.56 Å². The minimum atomic E-state index is -0.999. The van der Waals surface area contributed by atoms with Crippen molar-refractivity contribution in [2.75, 3.05) is 11.5 Å². The van der Waals surface area contributed by atoms with Gasteiger partial charge >= 0.3 is 17.9 Å². The Bertz CT molecular complexity index is 891. The first-order valence-corrected chi connectivity index (χ1v) is 10.4. The van der Waals surface area contributed by atoms with Crippen LogP contribution < -0.4 is 10.2 Å². The molecule has 3 rings (SSSR count).